The van der Waals surface area contributed by atoms with Crippen LogP contribution in [0.1, 0.15) is 82.7 Å². The van der Waals surface area contributed by atoms with Crippen molar-refractivity contribution in [2.75, 3.05) is 0 Å². The number of carbonyl (C=O) groups is 3. The molecule has 0 bridgehead atoms. The van der Waals surface area contributed by atoms with Crippen LogP contribution in [-0.4, -0.2) is 28.4 Å². The molecule has 6 nitrogen and oxygen atoms in total. The van der Waals surface area contributed by atoms with Gasteiger partial charge in [0, 0.05) is 11.5 Å². The second-order valence-corrected chi connectivity index (χ2v) is 8.46. The summed E-state index contributed by atoms with van der Waals surface area (Å²) in [7, 11) is 0. The molecule has 3 aliphatic rings. The van der Waals surface area contributed by atoms with Crippen LogP contribution in [0.2, 0.25) is 0 Å². The van der Waals surface area contributed by atoms with Gasteiger partial charge in [0.2, 0.25) is 0 Å². The molecule has 1 atom stereocenters. The predicted octanol–water partition coefficient (Wildman–Crippen LogP) is 4.49. The van der Waals surface area contributed by atoms with E-state index in [4.69, 9.17) is 9.47 Å². The Morgan fingerprint density at radius 2 is 1.73 bits per heavy atom. The minimum absolute atomic E-state index is 0.0674. The zero-order valence-corrected chi connectivity index (χ0v) is 16.5. The summed E-state index contributed by atoms with van der Waals surface area (Å²) in [6.45, 7) is 0. The maximum absolute atomic E-state index is 13.0. The molecule has 1 spiro atoms. The van der Waals surface area contributed by atoms with Gasteiger partial charge in [-0.2, -0.15) is 0 Å². The maximum atomic E-state index is 13.0. The van der Waals surface area contributed by atoms with E-state index < -0.39 is 11.6 Å². The molecule has 0 amide bonds. The van der Waals surface area contributed by atoms with E-state index in [1.807, 2.05) is 0 Å². The van der Waals surface area contributed by atoms with Gasteiger partial charge in [-0.15, -0.1) is 0 Å². The van der Waals surface area contributed by atoms with Crippen LogP contribution in [0.25, 0.3) is 0 Å². The number of rotatable bonds is 2. The van der Waals surface area contributed by atoms with Gasteiger partial charge in [-0.05, 0) is 55.5 Å². The summed E-state index contributed by atoms with van der Waals surface area (Å²) in [5.41, 5.74) is 1.75. The highest BCUT2D eigenvalue weighted by molar-refractivity contribution is 6.01. The third-order valence-electron chi connectivity index (χ3n) is 6.53. The number of hydrogen-bond donors (Lipinski definition) is 1. The summed E-state index contributed by atoms with van der Waals surface area (Å²) >= 11 is 0. The average molecular weight is 406 g/mol. The van der Waals surface area contributed by atoms with Crippen LogP contribution >= 0.6 is 0 Å². The number of benzene rings is 2. The molecule has 0 saturated heterocycles. The van der Waals surface area contributed by atoms with Crippen LogP contribution in [0.4, 0.5) is 0 Å². The van der Waals surface area contributed by atoms with Gasteiger partial charge in [0.1, 0.15) is 17.1 Å². The van der Waals surface area contributed by atoms with Gasteiger partial charge in [-0.1, -0.05) is 18.6 Å². The monoisotopic (exact) mass is 406 g/mol. The van der Waals surface area contributed by atoms with Crippen molar-refractivity contribution in [1.29, 1.82) is 0 Å². The van der Waals surface area contributed by atoms with Crippen molar-refractivity contribution < 1.29 is 29.0 Å². The first kappa shape index (κ1) is 18.9. The number of carboxylic acids is 1. The highest BCUT2D eigenvalue weighted by Gasteiger charge is 2.44. The molecule has 2 heterocycles. The van der Waals surface area contributed by atoms with Crippen molar-refractivity contribution >= 4 is 17.7 Å². The Bertz CT molecular complexity index is 1050. The van der Waals surface area contributed by atoms with Crippen LogP contribution in [0.5, 0.6) is 11.5 Å². The van der Waals surface area contributed by atoms with Crippen LogP contribution < -0.4 is 9.47 Å². The fourth-order valence-electron chi connectivity index (χ4n) is 5.02. The minimum Gasteiger partial charge on any atom is -0.486 e. The quantitative estimate of drug-likeness (QED) is 0.584. The van der Waals surface area contributed by atoms with Gasteiger partial charge in [0.05, 0.1) is 24.0 Å². The zero-order chi connectivity index (χ0) is 20.9. The fraction of sp³-hybridized carbons (Fsp3) is 0.375. The molecule has 30 heavy (non-hydrogen) atoms. The molecule has 6 heteroatoms. The molecule has 0 radical (unpaired) electrons. The third kappa shape index (κ3) is 3.07. The lowest BCUT2D eigenvalue weighted by Crippen LogP contribution is -2.44. The van der Waals surface area contributed by atoms with Crippen molar-refractivity contribution in [3.63, 3.8) is 0 Å². The van der Waals surface area contributed by atoms with Crippen molar-refractivity contribution in [2.24, 2.45) is 0 Å². The van der Waals surface area contributed by atoms with E-state index in [1.54, 1.807) is 24.3 Å². The normalized spacial score (nSPS) is 21.9. The topological polar surface area (TPSA) is 89.9 Å². The van der Waals surface area contributed by atoms with Crippen molar-refractivity contribution in [1.82, 2.24) is 0 Å². The van der Waals surface area contributed by atoms with Crippen molar-refractivity contribution in [3.8, 4) is 11.5 Å². The number of carbonyl (C=O) groups excluding carboxylic acids is 2. The molecule has 1 unspecified atom stereocenters. The summed E-state index contributed by atoms with van der Waals surface area (Å²) in [5.74, 6) is -0.702. The van der Waals surface area contributed by atoms with E-state index in [9.17, 15) is 19.5 Å². The lowest BCUT2D eigenvalue weighted by Gasteiger charge is -2.42. The van der Waals surface area contributed by atoms with E-state index >= 15 is 0 Å². The SMILES string of the molecule is O=C1CC(c2ccc(C(=O)O)cc2)c2c(ccc3c2OC2(CCCCC2)CC3=O)O1. The van der Waals surface area contributed by atoms with E-state index in [1.165, 1.54) is 12.1 Å². The number of hydrogen-bond acceptors (Lipinski definition) is 5. The molecule has 2 aromatic carbocycles. The number of aromatic carboxylic acids is 1. The summed E-state index contributed by atoms with van der Waals surface area (Å²) in [5, 5.41) is 9.18. The fourth-order valence-corrected chi connectivity index (χ4v) is 5.02. The van der Waals surface area contributed by atoms with Crippen LogP contribution in [-0.2, 0) is 4.79 Å². The number of ether oxygens (including phenoxy) is 2. The summed E-state index contributed by atoms with van der Waals surface area (Å²) in [4.78, 5) is 36.5. The second-order valence-electron chi connectivity index (χ2n) is 8.46. The first-order valence-electron chi connectivity index (χ1n) is 10.4. The number of carboxylic acid groups (broad SMARTS) is 1. The van der Waals surface area contributed by atoms with Crippen molar-refractivity contribution in [2.45, 2.75) is 56.5 Å². The minimum atomic E-state index is -1.00. The van der Waals surface area contributed by atoms with E-state index in [-0.39, 0.29) is 29.7 Å². The molecule has 0 aromatic heterocycles. The van der Waals surface area contributed by atoms with Gasteiger partial charge in [-0.25, -0.2) is 4.79 Å². The van der Waals surface area contributed by atoms with Gasteiger partial charge in [0.25, 0.3) is 0 Å². The molecule has 1 N–H and O–H groups in total. The molecule has 1 aliphatic carbocycles. The molecule has 2 aliphatic heterocycles. The number of ketones is 1. The maximum Gasteiger partial charge on any atom is 0.335 e. The summed E-state index contributed by atoms with van der Waals surface area (Å²) in [6, 6.07) is 9.86. The molecule has 1 fully saturated rings. The largest absolute Gasteiger partial charge is 0.486 e. The number of Topliss-reactive ketones (excluding diaryl/α,β-unsaturated/α-hetero) is 1. The smallest absolute Gasteiger partial charge is 0.335 e. The summed E-state index contributed by atoms with van der Waals surface area (Å²) < 4.78 is 12.1. The predicted molar refractivity (Wildman–Crippen MR) is 107 cm³/mol. The van der Waals surface area contributed by atoms with Gasteiger partial charge < -0.3 is 14.6 Å². The molecule has 2 aromatic rings. The van der Waals surface area contributed by atoms with E-state index in [0.29, 0.717) is 29.0 Å². The Balaban J connectivity index is 1.63. The molecule has 1 saturated carbocycles. The average Bonchev–Trinajstić information content (AvgIpc) is 2.73. The van der Waals surface area contributed by atoms with Gasteiger partial charge in [-0.3, -0.25) is 9.59 Å². The van der Waals surface area contributed by atoms with E-state index in [0.717, 1.165) is 37.7 Å². The molecular formula is C24H22O6. The summed E-state index contributed by atoms with van der Waals surface area (Å²) in [6.07, 6.45) is 5.41. The Hall–Kier alpha value is -3.15. The van der Waals surface area contributed by atoms with Gasteiger partial charge >= 0.3 is 11.9 Å². The van der Waals surface area contributed by atoms with Crippen molar-refractivity contribution in [3.05, 3.63) is 58.7 Å². The Morgan fingerprint density at radius 3 is 2.43 bits per heavy atom. The lowest BCUT2D eigenvalue weighted by molar-refractivity contribution is -0.135. The highest BCUT2D eigenvalue weighted by Crippen LogP contribution is 2.51. The molecule has 5 rings (SSSR count). The lowest BCUT2D eigenvalue weighted by atomic mass is 9.76. The van der Waals surface area contributed by atoms with Crippen LogP contribution in [0.15, 0.2) is 36.4 Å². The Morgan fingerprint density at radius 1 is 1.00 bits per heavy atom. The second kappa shape index (κ2) is 6.97. The Labute approximate surface area is 173 Å². The highest BCUT2D eigenvalue weighted by atomic mass is 16.5. The van der Waals surface area contributed by atoms with Gasteiger partial charge in [0.15, 0.2) is 5.78 Å². The van der Waals surface area contributed by atoms with Crippen LogP contribution in [0, 0.1) is 0 Å². The standard InChI is InChI=1S/C24H22O6/c25-18-13-24(10-2-1-3-11-24)30-22-16(18)8-9-19-21(22)17(12-20(26)29-19)14-4-6-15(7-5-14)23(27)28/h4-9,17H,1-3,10-13H2,(H,27,28). The number of esters is 1. The molecular weight excluding hydrogens is 384 g/mol. The van der Waals surface area contributed by atoms with E-state index in [2.05, 4.69) is 0 Å². The number of fused-ring (bicyclic) bond motifs is 3. The Kier molecular flexibility index (Phi) is 4.38. The molecule has 154 valence electrons. The zero-order valence-electron chi connectivity index (χ0n) is 16.5. The third-order valence-corrected chi connectivity index (χ3v) is 6.53. The van der Waals surface area contributed by atoms with Crippen LogP contribution in [0.3, 0.4) is 0 Å². The first-order valence-corrected chi connectivity index (χ1v) is 10.4. The first-order chi connectivity index (χ1) is 14.5.